The summed E-state index contributed by atoms with van der Waals surface area (Å²) in [6.07, 6.45) is 0.185. The summed E-state index contributed by atoms with van der Waals surface area (Å²) in [4.78, 5) is 12.4. The number of hydrogen-bond acceptors (Lipinski definition) is 5. The van der Waals surface area contributed by atoms with Crippen molar-refractivity contribution in [2.75, 3.05) is 11.4 Å². The molecular formula is C23H27N3O4S. The summed E-state index contributed by atoms with van der Waals surface area (Å²) in [5, 5.41) is 4.32. The number of aryl methyl sites for hydroxylation is 5. The van der Waals surface area contributed by atoms with Crippen molar-refractivity contribution < 1.29 is 17.9 Å². The van der Waals surface area contributed by atoms with E-state index in [2.05, 4.69) is 5.10 Å². The summed E-state index contributed by atoms with van der Waals surface area (Å²) in [5.41, 5.74) is 4.31. The van der Waals surface area contributed by atoms with E-state index in [0.29, 0.717) is 18.0 Å². The van der Waals surface area contributed by atoms with E-state index >= 15 is 0 Å². The lowest BCUT2D eigenvalue weighted by Gasteiger charge is -2.20. The van der Waals surface area contributed by atoms with Crippen molar-refractivity contribution in [3.8, 4) is 5.75 Å². The second kappa shape index (κ2) is 8.93. The van der Waals surface area contributed by atoms with Crippen LogP contribution in [-0.2, 0) is 21.4 Å². The van der Waals surface area contributed by atoms with Crippen molar-refractivity contribution in [3.63, 3.8) is 0 Å². The molecule has 0 aliphatic heterocycles. The number of anilines is 1. The van der Waals surface area contributed by atoms with Gasteiger partial charge < -0.3 is 4.74 Å². The highest BCUT2D eigenvalue weighted by Crippen LogP contribution is 2.25. The normalized spacial score (nSPS) is 11.4. The lowest BCUT2D eigenvalue weighted by molar-refractivity contribution is -0.134. The van der Waals surface area contributed by atoms with Gasteiger partial charge in [-0.05, 0) is 81.3 Å². The van der Waals surface area contributed by atoms with Gasteiger partial charge in [-0.25, -0.2) is 8.42 Å². The molecule has 3 rings (SSSR count). The zero-order valence-corrected chi connectivity index (χ0v) is 19.2. The first-order valence-corrected chi connectivity index (χ1v) is 11.4. The fourth-order valence-corrected chi connectivity index (χ4v) is 4.46. The van der Waals surface area contributed by atoms with Crippen LogP contribution in [-0.4, -0.2) is 31.2 Å². The Morgan fingerprint density at radius 3 is 2.26 bits per heavy atom. The van der Waals surface area contributed by atoms with Crippen LogP contribution in [0.15, 0.2) is 53.4 Å². The first-order chi connectivity index (χ1) is 14.6. The minimum Gasteiger partial charge on any atom is -0.426 e. The Hall–Kier alpha value is -3.13. The van der Waals surface area contributed by atoms with E-state index in [-0.39, 0.29) is 17.3 Å². The number of hydrogen-bond donors (Lipinski definition) is 0. The van der Waals surface area contributed by atoms with Gasteiger partial charge in [-0.2, -0.15) is 5.10 Å². The Kier molecular flexibility index (Phi) is 6.50. The van der Waals surface area contributed by atoms with Gasteiger partial charge >= 0.3 is 5.97 Å². The quantitative estimate of drug-likeness (QED) is 0.410. The fraction of sp³-hybridized carbons (Fsp3) is 0.304. The molecule has 0 saturated heterocycles. The molecule has 1 heterocycles. The Labute approximate surface area is 183 Å². The van der Waals surface area contributed by atoms with Crippen LogP contribution in [0.2, 0.25) is 0 Å². The highest BCUT2D eigenvalue weighted by atomic mass is 32.2. The molecule has 0 aliphatic rings. The van der Waals surface area contributed by atoms with Crippen molar-refractivity contribution in [2.24, 2.45) is 0 Å². The molecule has 0 unspecified atom stereocenters. The molecule has 0 aliphatic carbocycles. The van der Waals surface area contributed by atoms with Crippen LogP contribution in [0.5, 0.6) is 5.75 Å². The van der Waals surface area contributed by atoms with Gasteiger partial charge in [-0.3, -0.25) is 13.8 Å². The summed E-state index contributed by atoms with van der Waals surface area (Å²) >= 11 is 0. The number of sulfonamides is 1. The Balaban J connectivity index is 1.65. The molecule has 3 aromatic rings. The monoisotopic (exact) mass is 441 g/mol. The number of rotatable bonds is 7. The lowest BCUT2D eigenvalue weighted by atomic mass is 10.1. The topological polar surface area (TPSA) is 81.5 Å². The maximum absolute atomic E-state index is 12.9. The standard InChI is InChI=1S/C23H27N3O4S/c1-16-6-11-22(14-17(16)2)31(28,29)25(5)20-7-9-21(10-8-20)30-23(27)12-13-26-19(4)15-18(3)24-26/h6-11,14-15H,12-13H2,1-5H3. The van der Waals surface area contributed by atoms with E-state index in [4.69, 9.17) is 4.74 Å². The molecule has 0 radical (unpaired) electrons. The van der Waals surface area contributed by atoms with Gasteiger partial charge in [0, 0.05) is 12.7 Å². The molecule has 0 amide bonds. The van der Waals surface area contributed by atoms with E-state index in [9.17, 15) is 13.2 Å². The summed E-state index contributed by atoms with van der Waals surface area (Å²) in [6.45, 7) is 8.10. The molecule has 164 valence electrons. The lowest BCUT2D eigenvalue weighted by Crippen LogP contribution is -2.26. The molecule has 0 saturated carbocycles. The van der Waals surface area contributed by atoms with Crippen LogP contribution >= 0.6 is 0 Å². The van der Waals surface area contributed by atoms with Crippen molar-refractivity contribution in [3.05, 3.63) is 71.0 Å². The van der Waals surface area contributed by atoms with Crippen LogP contribution in [0.4, 0.5) is 5.69 Å². The number of aromatic nitrogens is 2. The van der Waals surface area contributed by atoms with Crippen LogP contribution < -0.4 is 9.04 Å². The smallest absolute Gasteiger partial charge is 0.313 e. The Morgan fingerprint density at radius 2 is 1.68 bits per heavy atom. The minimum atomic E-state index is -3.69. The molecule has 0 fully saturated rings. The molecular weight excluding hydrogens is 414 g/mol. The molecule has 0 N–H and O–H groups in total. The Morgan fingerprint density at radius 1 is 1.00 bits per heavy atom. The van der Waals surface area contributed by atoms with Gasteiger partial charge in [-0.1, -0.05) is 6.07 Å². The van der Waals surface area contributed by atoms with Gasteiger partial charge in [-0.15, -0.1) is 0 Å². The second-order valence-electron chi connectivity index (χ2n) is 7.59. The van der Waals surface area contributed by atoms with E-state index in [1.807, 2.05) is 33.8 Å². The molecule has 2 aromatic carbocycles. The molecule has 7 nitrogen and oxygen atoms in total. The third-order valence-electron chi connectivity index (χ3n) is 5.20. The fourth-order valence-electron chi connectivity index (χ4n) is 3.18. The van der Waals surface area contributed by atoms with E-state index in [0.717, 1.165) is 22.5 Å². The molecule has 0 atom stereocenters. The SMILES string of the molecule is Cc1cc(C)n(CCC(=O)Oc2ccc(N(C)S(=O)(=O)c3ccc(C)c(C)c3)cc2)n1. The number of benzene rings is 2. The van der Waals surface area contributed by atoms with Crippen LogP contribution in [0.3, 0.4) is 0 Å². The zero-order valence-electron chi connectivity index (χ0n) is 18.4. The highest BCUT2D eigenvalue weighted by molar-refractivity contribution is 7.92. The third kappa shape index (κ3) is 5.14. The number of ether oxygens (including phenoxy) is 1. The summed E-state index contributed by atoms with van der Waals surface area (Å²) in [7, 11) is -2.19. The van der Waals surface area contributed by atoms with E-state index in [1.54, 1.807) is 47.1 Å². The molecule has 0 spiro atoms. The predicted molar refractivity (Wildman–Crippen MR) is 120 cm³/mol. The number of carbonyl (C=O) groups is 1. The second-order valence-corrected chi connectivity index (χ2v) is 9.56. The maximum Gasteiger partial charge on any atom is 0.313 e. The van der Waals surface area contributed by atoms with Crippen LogP contribution in [0.25, 0.3) is 0 Å². The van der Waals surface area contributed by atoms with Crippen molar-refractivity contribution >= 4 is 21.7 Å². The number of nitrogens with zero attached hydrogens (tertiary/aromatic N) is 3. The largest absolute Gasteiger partial charge is 0.426 e. The summed E-state index contributed by atoms with van der Waals surface area (Å²) in [6, 6.07) is 13.4. The van der Waals surface area contributed by atoms with Crippen molar-refractivity contribution in [1.29, 1.82) is 0 Å². The van der Waals surface area contributed by atoms with Crippen molar-refractivity contribution in [1.82, 2.24) is 9.78 Å². The highest BCUT2D eigenvalue weighted by Gasteiger charge is 2.22. The van der Waals surface area contributed by atoms with Gasteiger partial charge in [0.25, 0.3) is 10.0 Å². The number of esters is 1. The van der Waals surface area contributed by atoms with Gasteiger partial charge in [0.1, 0.15) is 5.75 Å². The van der Waals surface area contributed by atoms with E-state index in [1.165, 1.54) is 11.4 Å². The van der Waals surface area contributed by atoms with Crippen molar-refractivity contribution in [2.45, 2.75) is 45.6 Å². The molecule has 0 bridgehead atoms. The predicted octanol–water partition coefficient (Wildman–Crippen LogP) is 3.94. The first-order valence-electron chi connectivity index (χ1n) is 9.96. The maximum atomic E-state index is 12.9. The van der Waals surface area contributed by atoms with E-state index < -0.39 is 10.0 Å². The molecule has 31 heavy (non-hydrogen) atoms. The molecule has 1 aromatic heterocycles. The average molecular weight is 442 g/mol. The summed E-state index contributed by atoms with van der Waals surface area (Å²) < 4.78 is 34.2. The minimum absolute atomic E-state index is 0.185. The Bertz CT molecular complexity index is 1200. The van der Waals surface area contributed by atoms with Crippen LogP contribution in [0, 0.1) is 27.7 Å². The molecule has 8 heteroatoms. The van der Waals surface area contributed by atoms with Gasteiger partial charge in [0.05, 0.1) is 29.2 Å². The zero-order chi connectivity index (χ0) is 22.8. The number of carbonyl (C=O) groups excluding carboxylic acids is 1. The van der Waals surface area contributed by atoms with Crippen LogP contribution in [0.1, 0.15) is 28.9 Å². The van der Waals surface area contributed by atoms with Gasteiger partial charge in [0.15, 0.2) is 0 Å². The van der Waals surface area contributed by atoms with Gasteiger partial charge in [0.2, 0.25) is 0 Å². The first kappa shape index (κ1) is 22.6. The third-order valence-corrected chi connectivity index (χ3v) is 6.98. The average Bonchev–Trinajstić information content (AvgIpc) is 3.05. The summed E-state index contributed by atoms with van der Waals surface area (Å²) in [5.74, 6) is -0.0181.